The molecule has 11 nitrogen and oxygen atoms in total. The van der Waals surface area contributed by atoms with Gasteiger partial charge in [0.1, 0.15) is 18.0 Å². The average Bonchev–Trinajstić information content (AvgIpc) is 3.39. The number of nitrogens with zero attached hydrogens (tertiary/aromatic N) is 4. The molecule has 0 saturated carbocycles. The lowest BCUT2D eigenvalue weighted by molar-refractivity contribution is -0.123. The number of benzene rings is 1. The summed E-state index contributed by atoms with van der Waals surface area (Å²) in [5.74, 6) is 0.606. The first kappa shape index (κ1) is 21.5. The van der Waals surface area contributed by atoms with E-state index in [2.05, 4.69) is 48.5 Å². The summed E-state index contributed by atoms with van der Waals surface area (Å²) >= 11 is 2.14. The minimum atomic E-state index is -0.521. The highest BCUT2D eigenvalue weighted by Gasteiger charge is 2.15. The van der Waals surface area contributed by atoms with Gasteiger partial charge in [-0.2, -0.15) is 10.1 Å². The Morgan fingerprint density at radius 1 is 1.17 bits per heavy atom. The molecule has 2 aromatic heterocycles. The highest BCUT2D eigenvalue weighted by molar-refractivity contribution is 14.1. The van der Waals surface area contributed by atoms with Crippen LogP contribution in [0.4, 0.5) is 0 Å². The number of carbonyl (C=O) groups is 2. The second-order valence-electron chi connectivity index (χ2n) is 5.94. The number of ether oxygens (including phenoxy) is 2. The van der Waals surface area contributed by atoms with Gasteiger partial charge in [0.05, 0.1) is 16.9 Å². The van der Waals surface area contributed by atoms with E-state index in [1.807, 2.05) is 6.20 Å². The molecule has 0 atom stereocenters. The smallest absolute Gasteiger partial charge is 0.316 e. The fourth-order valence-electron chi connectivity index (χ4n) is 2.31. The van der Waals surface area contributed by atoms with Gasteiger partial charge in [0, 0.05) is 19.3 Å². The number of methoxy groups -OCH3 is 1. The highest BCUT2D eigenvalue weighted by Crippen LogP contribution is 2.16. The van der Waals surface area contributed by atoms with Crippen molar-refractivity contribution in [2.45, 2.75) is 6.54 Å². The van der Waals surface area contributed by atoms with E-state index in [1.54, 1.807) is 42.3 Å². The maximum Gasteiger partial charge on any atom is 0.316 e. The molecular weight excluding hydrogens is 507 g/mol. The topological polar surface area (TPSA) is 133 Å². The van der Waals surface area contributed by atoms with Crippen molar-refractivity contribution in [1.82, 2.24) is 30.6 Å². The SMILES string of the molecule is COc1ccc(OCC(=O)NCCNC(=O)c2nc(Cn3cc(I)cn3)no2)cc1. The molecule has 0 aliphatic carbocycles. The molecule has 3 rings (SSSR count). The van der Waals surface area contributed by atoms with E-state index in [0.29, 0.717) is 23.9 Å². The molecule has 0 radical (unpaired) electrons. The molecular formula is C18H19IN6O5. The minimum Gasteiger partial charge on any atom is -0.497 e. The van der Waals surface area contributed by atoms with Crippen molar-refractivity contribution in [3.63, 3.8) is 0 Å². The van der Waals surface area contributed by atoms with Gasteiger partial charge in [0.15, 0.2) is 12.4 Å². The molecule has 2 heterocycles. The van der Waals surface area contributed by atoms with Crippen LogP contribution in [0.15, 0.2) is 41.2 Å². The number of halogens is 1. The zero-order valence-corrected chi connectivity index (χ0v) is 18.2. The Labute approximate surface area is 185 Å². The molecule has 1 aromatic carbocycles. The van der Waals surface area contributed by atoms with Crippen LogP contribution in [0.5, 0.6) is 11.5 Å². The summed E-state index contributed by atoms with van der Waals surface area (Å²) in [5.41, 5.74) is 0. The molecule has 0 bridgehead atoms. The molecule has 0 fully saturated rings. The second-order valence-corrected chi connectivity index (χ2v) is 7.19. The minimum absolute atomic E-state index is 0.139. The monoisotopic (exact) mass is 526 g/mol. The molecule has 158 valence electrons. The lowest BCUT2D eigenvalue weighted by Gasteiger charge is -2.08. The molecule has 2 amide bonds. The number of carbonyl (C=O) groups excluding carboxylic acids is 2. The molecule has 2 N–H and O–H groups in total. The van der Waals surface area contributed by atoms with Crippen molar-refractivity contribution < 1.29 is 23.6 Å². The first-order chi connectivity index (χ1) is 14.5. The van der Waals surface area contributed by atoms with Crippen molar-refractivity contribution in [3.8, 4) is 11.5 Å². The predicted molar refractivity (Wildman–Crippen MR) is 112 cm³/mol. The summed E-state index contributed by atoms with van der Waals surface area (Å²) < 4.78 is 18.0. The normalized spacial score (nSPS) is 10.5. The van der Waals surface area contributed by atoms with Crippen LogP contribution in [-0.4, -0.2) is 58.5 Å². The first-order valence-electron chi connectivity index (χ1n) is 8.86. The van der Waals surface area contributed by atoms with Crippen molar-refractivity contribution >= 4 is 34.4 Å². The molecule has 0 spiro atoms. The number of hydrogen-bond acceptors (Lipinski definition) is 8. The van der Waals surface area contributed by atoms with E-state index in [-0.39, 0.29) is 31.5 Å². The van der Waals surface area contributed by atoms with Gasteiger partial charge in [-0.25, -0.2) is 0 Å². The Morgan fingerprint density at radius 3 is 2.60 bits per heavy atom. The van der Waals surface area contributed by atoms with Gasteiger partial charge in [-0.05, 0) is 46.9 Å². The summed E-state index contributed by atoms with van der Waals surface area (Å²) in [5, 5.41) is 13.1. The van der Waals surface area contributed by atoms with Gasteiger partial charge >= 0.3 is 11.8 Å². The van der Waals surface area contributed by atoms with Crippen LogP contribution < -0.4 is 20.1 Å². The summed E-state index contributed by atoms with van der Waals surface area (Å²) in [6, 6.07) is 6.89. The van der Waals surface area contributed by atoms with E-state index < -0.39 is 5.91 Å². The number of amides is 2. The van der Waals surface area contributed by atoms with Crippen LogP contribution >= 0.6 is 22.6 Å². The van der Waals surface area contributed by atoms with Crippen LogP contribution in [-0.2, 0) is 11.3 Å². The van der Waals surface area contributed by atoms with Gasteiger partial charge in [-0.1, -0.05) is 5.16 Å². The van der Waals surface area contributed by atoms with E-state index in [9.17, 15) is 9.59 Å². The Balaban J connectivity index is 1.33. The zero-order valence-electron chi connectivity index (χ0n) is 16.0. The van der Waals surface area contributed by atoms with E-state index in [1.165, 1.54) is 0 Å². The summed E-state index contributed by atoms with van der Waals surface area (Å²) in [6.07, 6.45) is 3.52. The molecule has 3 aromatic rings. The highest BCUT2D eigenvalue weighted by atomic mass is 127. The third kappa shape index (κ3) is 6.43. The average molecular weight is 526 g/mol. The fourth-order valence-corrected chi connectivity index (χ4v) is 2.75. The number of rotatable bonds is 10. The largest absolute Gasteiger partial charge is 0.497 e. The van der Waals surface area contributed by atoms with E-state index in [4.69, 9.17) is 14.0 Å². The van der Waals surface area contributed by atoms with Crippen molar-refractivity contribution in [3.05, 3.63) is 51.9 Å². The first-order valence-corrected chi connectivity index (χ1v) is 9.93. The van der Waals surface area contributed by atoms with Crippen molar-refractivity contribution in [2.24, 2.45) is 0 Å². The second kappa shape index (κ2) is 10.6. The lowest BCUT2D eigenvalue weighted by Crippen LogP contribution is -2.36. The Hall–Kier alpha value is -3.16. The third-order valence-electron chi connectivity index (χ3n) is 3.73. The van der Waals surface area contributed by atoms with Gasteiger partial charge in [-0.15, -0.1) is 0 Å². The van der Waals surface area contributed by atoms with E-state index in [0.717, 1.165) is 3.57 Å². The predicted octanol–water partition coefficient (Wildman–Crippen LogP) is 0.853. The molecule has 0 aliphatic rings. The van der Waals surface area contributed by atoms with Crippen molar-refractivity contribution in [1.29, 1.82) is 0 Å². The molecule has 0 saturated heterocycles. The van der Waals surface area contributed by atoms with Crippen LogP contribution in [0.25, 0.3) is 0 Å². The van der Waals surface area contributed by atoms with Gasteiger partial charge in [0.2, 0.25) is 0 Å². The Morgan fingerprint density at radius 2 is 1.90 bits per heavy atom. The summed E-state index contributed by atoms with van der Waals surface area (Å²) in [4.78, 5) is 27.9. The fraction of sp³-hybridized carbons (Fsp3) is 0.278. The standard InChI is InChI=1S/C18H19IN6O5/c1-28-13-2-4-14(5-3-13)29-11-16(26)20-6-7-21-17(27)18-23-15(24-30-18)10-25-9-12(19)8-22-25/h2-5,8-9H,6-7,10-11H2,1H3,(H,20,26)(H,21,27). The van der Waals surface area contributed by atoms with Crippen LogP contribution in [0, 0.1) is 3.57 Å². The summed E-state index contributed by atoms with van der Waals surface area (Å²) in [7, 11) is 1.57. The Bertz CT molecular complexity index is 987. The van der Waals surface area contributed by atoms with Crippen LogP contribution in [0.1, 0.15) is 16.5 Å². The van der Waals surface area contributed by atoms with Crippen LogP contribution in [0.2, 0.25) is 0 Å². The van der Waals surface area contributed by atoms with Crippen molar-refractivity contribution in [2.75, 3.05) is 26.8 Å². The van der Waals surface area contributed by atoms with Gasteiger partial charge in [-0.3, -0.25) is 14.3 Å². The third-order valence-corrected chi connectivity index (χ3v) is 4.29. The Kier molecular flexibility index (Phi) is 7.59. The van der Waals surface area contributed by atoms with Gasteiger partial charge < -0.3 is 24.6 Å². The quantitative estimate of drug-likeness (QED) is 0.294. The summed E-state index contributed by atoms with van der Waals surface area (Å²) in [6.45, 7) is 0.579. The van der Waals surface area contributed by atoms with E-state index >= 15 is 0 Å². The molecule has 0 unspecified atom stereocenters. The number of hydrogen-bond donors (Lipinski definition) is 2. The molecule has 30 heavy (non-hydrogen) atoms. The zero-order chi connectivity index (χ0) is 21.3. The number of nitrogens with one attached hydrogen (secondary N) is 2. The maximum absolute atomic E-state index is 12.0. The van der Waals surface area contributed by atoms with Gasteiger partial charge in [0.25, 0.3) is 5.91 Å². The van der Waals surface area contributed by atoms with Crippen LogP contribution in [0.3, 0.4) is 0 Å². The maximum atomic E-state index is 12.0. The lowest BCUT2D eigenvalue weighted by atomic mass is 10.3. The molecule has 12 heteroatoms. The number of aromatic nitrogens is 4. The molecule has 0 aliphatic heterocycles.